The van der Waals surface area contributed by atoms with E-state index in [1.807, 2.05) is 13.8 Å². The van der Waals surface area contributed by atoms with Gasteiger partial charge in [-0.3, -0.25) is 0 Å². The molecule has 0 radical (unpaired) electrons. The number of rotatable bonds is 6. The average Bonchev–Trinajstić information content (AvgIpc) is 2.66. The average molecular weight is 212 g/mol. The van der Waals surface area contributed by atoms with Gasteiger partial charge in [-0.2, -0.15) is 0 Å². The zero-order chi connectivity index (χ0) is 11.3. The highest BCUT2D eigenvalue weighted by Crippen LogP contribution is 2.19. The van der Waals surface area contributed by atoms with Crippen molar-refractivity contribution in [1.29, 1.82) is 0 Å². The molecule has 1 rings (SSSR count). The maximum absolute atomic E-state index is 10.6. The van der Waals surface area contributed by atoms with Gasteiger partial charge in [0, 0.05) is 6.61 Å². The van der Waals surface area contributed by atoms with Gasteiger partial charge >= 0.3 is 5.97 Å². The van der Waals surface area contributed by atoms with E-state index in [4.69, 9.17) is 9.84 Å². The van der Waals surface area contributed by atoms with Crippen molar-refractivity contribution >= 4 is 5.97 Å². The topological polar surface area (TPSA) is 75.2 Å². The third-order valence-corrected chi connectivity index (χ3v) is 2.05. The lowest BCUT2D eigenvalue weighted by atomic mass is 10.2. The summed E-state index contributed by atoms with van der Waals surface area (Å²) < 4.78 is 5.47. The van der Waals surface area contributed by atoms with Gasteiger partial charge in [0.1, 0.15) is 17.6 Å². The van der Waals surface area contributed by atoms with Crippen LogP contribution in [0, 0.1) is 0 Å². The number of aromatic amines is 1. The van der Waals surface area contributed by atoms with Gasteiger partial charge in [-0.1, -0.05) is 13.3 Å². The summed E-state index contributed by atoms with van der Waals surface area (Å²) in [7, 11) is 0. The van der Waals surface area contributed by atoms with Crippen molar-refractivity contribution in [3.63, 3.8) is 0 Å². The van der Waals surface area contributed by atoms with Gasteiger partial charge in [0.15, 0.2) is 0 Å². The molecule has 0 saturated heterocycles. The smallest absolute Gasteiger partial charge is 0.353 e. The highest BCUT2D eigenvalue weighted by atomic mass is 16.5. The lowest BCUT2D eigenvalue weighted by molar-refractivity contribution is 0.0497. The molecule has 84 valence electrons. The molecule has 1 aromatic rings. The molecule has 0 amide bonds. The maximum atomic E-state index is 10.6. The SMILES string of the molecule is CCCC(OCC)c1ncc(C(=O)O)[nH]1. The van der Waals surface area contributed by atoms with Gasteiger partial charge in [-0.25, -0.2) is 9.78 Å². The Hall–Kier alpha value is -1.36. The van der Waals surface area contributed by atoms with Crippen LogP contribution in [0.2, 0.25) is 0 Å². The number of hydrogen-bond donors (Lipinski definition) is 2. The fraction of sp³-hybridized carbons (Fsp3) is 0.600. The predicted molar refractivity (Wildman–Crippen MR) is 54.8 cm³/mol. The fourth-order valence-corrected chi connectivity index (χ4v) is 1.37. The molecule has 1 unspecified atom stereocenters. The summed E-state index contributed by atoms with van der Waals surface area (Å²) in [6.45, 7) is 4.55. The van der Waals surface area contributed by atoms with Crippen LogP contribution >= 0.6 is 0 Å². The van der Waals surface area contributed by atoms with Crippen LogP contribution in [0.5, 0.6) is 0 Å². The predicted octanol–water partition coefficient (Wildman–Crippen LogP) is 1.99. The largest absolute Gasteiger partial charge is 0.477 e. The summed E-state index contributed by atoms with van der Waals surface area (Å²) in [6.07, 6.45) is 2.99. The summed E-state index contributed by atoms with van der Waals surface area (Å²) in [4.78, 5) is 17.4. The van der Waals surface area contributed by atoms with Crippen molar-refractivity contribution in [3.8, 4) is 0 Å². The number of H-pyrrole nitrogens is 1. The number of carboxylic acids is 1. The first-order valence-corrected chi connectivity index (χ1v) is 5.08. The number of hydrogen-bond acceptors (Lipinski definition) is 3. The molecule has 0 aromatic carbocycles. The molecule has 1 heterocycles. The summed E-state index contributed by atoms with van der Waals surface area (Å²) in [5, 5.41) is 8.73. The number of aromatic carboxylic acids is 1. The highest BCUT2D eigenvalue weighted by molar-refractivity contribution is 5.85. The van der Waals surface area contributed by atoms with E-state index in [1.165, 1.54) is 6.20 Å². The molecule has 0 aliphatic heterocycles. The standard InChI is InChI=1S/C10H16N2O3/c1-3-5-8(15-4-2)9-11-6-7(12-9)10(13)14/h6,8H,3-5H2,1-2H3,(H,11,12)(H,13,14). The fourth-order valence-electron chi connectivity index (χ4n) is 1.37. The number of carbonyl (C=O) groups is 1. The van der Waals surface area contributed by atoms with Crippen LogP contribution in [-0.2, 0) is 4.74 Å². The zero-order valence-corrected chi connectivity index (χ0v) is 8.99. The maximum Gasteiger partial charge on any atom is 0.353 e. The molecule has 0 bridgehead atoms. The number of imidazole rings is 1. The van der Waals surface area contributed by atoms with Gasteiger partial charge in [-0.15, -0.1) is 0 Å². The summed E-state index contributed by atoms with van der Waals surface area (Å²) >= 11 is 0. The molecule has 15 heavy (non-hydrogen) atoms. The first-order chi connectivity index (χ1) is 7.19. The van der Waals surface area contributed by atoms with E-state index >= 15 is 0 Å². The Morgan fingerprint density at radius 3 is 2.87 bits per heavy atom. The summed E-state index contributed by atoms with van der Waals surface area (Å²) in [5.74, 6) is -0.406. The molecule has 0 aliphatic carbocycles. The highest BCUT2D eigenvalue weighted by Gasteiger charge is 2.16. The van der Waals surface area contributed by atoms with Gasteiger partial charge in [0.25, 0.3) is 0 Å². The van der Waals surface area contributed by atoms with Crippen LogP contribution in [-0.4, -0.2) is 27.7 Å². The third-order valence-electron chi connectivity index (χ3n) is 2.05. The van der Waals surface area contributed by atoms with Crippen molar-refractivity contribution in [3.05, 3.63) is 17.7 Å². The molecule has 0 saturated carbocycles. The number of aromatic nitrogens is 2. The van der Waals surface area contributed by atoms with E-state index in [0.29, 0.717) is 12.4 Å². The molecular formula is C10H16N2O3. The normalized spacial score (nSPS) is 12.7. The molecule has 0 aliphatic rings. The Labute approximate surface area is 88.5 Å². The minimum absolute atomic E-state index is 0.103. The second-order valence-electron chi connectivity index (χ2n) is 3.22. The lowest BCUT2D eigenvalue weighted by Gasteiger charge is -2.13. The van der Waals surface area contributed by atoms with E-state index in [9.17, 15) is 4.79 Å². The molecule has 1 aromatic heterocycles. The molecule has 5 heteroatoms. The summed E-state index contributed by atoms with van der Waals surface area (Å²) in [6, 6.07) is 0. The molecular weight excluding hydrogens is 196 g/mol. The second kappa shape index (κ2) is 5.50. The molecule has 0 fully saturated rings. The van der Waals surface area contributed by atoms with Crippen molar-refractivity contribution in [2.24, 2.45) is 0 Å². The van der Waals surface area contributed by atoms with Gasteiger partial charge in [0.2, 0.25) is 0 Å². The van der Waals surface area contributed by atoms with E-state index < -0.39 is 5.97 Å². The lowest BCUT2D eigenvalue weighted by Crippen LogP contribution is -2.06. The van der Waals surface area contributed by atoms with Gasteiger partial charge < -0.3 is 14.8 Å². The summed E-state index contributed by atoms with van der Waals surface area (Å²) in [5.41, 5.74) is 0.103. The Morgan fingerprint density at radius 2 is 2.40 bits per heavy atom. The van der Waals surface area contributed by atoms with Crippen LogP contribution in [0.4, 0.5) is 0 Å². The number of ether oxygens (including phenoxy) is 1. The van der Waals surface area contributed by atoms with Crippen LogP contribution in [0.25, 0.3) is 0 Å². The van der Waals surface area contributed by atoms with E-state index in [-0.39, 0.29) is 11.8 Å². The quantitative estimate of drug-likeness (QED) is 0.756. The molecule has 0 spiro atoms. The van der Waals surface area contributed by atoms with Crippen molar-refractivity contribution in [1.82, 2.24) is 9.97 Å². The van der Waals surface area contributed by atoms with E-state index in [1.54, 1.807) is 0 Å². The van der Waals surface area contributed by atoms with Crippen LogP contribution < -0.4 is 0 Å². The number of carboxylic acid groups (broad SMARTS) is 1. The first-order valence-electron chi connectivity index (χ1n) is 5.08. The van der Waals surface area contributed by atoms with Gasteiger partial charge in [-0.05, 0) is 13.3 Å². The molecule has 5 nitrogen and oxygen atoms in total. The number of nitrogens with zero attached hydrogens (tertiary/aromatic N) is 1. The monoisotopic (exact) mass is 212 g/mol. The third kappa shape index (κ3) is 3.06. The van der Waals surface area contributed by atoms with Crippen molar-refractivity contribution in [2.45, 2.75) is 32.8 Å². The van der Waals surface area contributed by atoms with Crippen LogP contribution in [0.3, 0.4) is 0 Å². The van der Waals surface area contributed by atoms with Crippen molar-refractivity contribution < 1.29 is 14.6 Å². The second-order valence-corrected chi connectivity index (χ2v) is 3.22. The zero-order valence-electron chi connectivity index (χ0n) is 8.99. The van der Waals surface area contributed by atoms with Gasteiger partial charge in [0.05, 0.1) is 6.20 Å². The Kier molecular flexibility index (Phi) is 4.30. The first kappa shape index (κ1) is 11.7. The number of nitrogens with one attached hydrogen (secondary N) is 1. The van der Waals surface area contributed by atoms with Crippen LogP contribution in [0.15, 0.2) is 6.20 Å². The van der Waals surface area contributed by atoms with Crippen molar-refractivity contribution in [2.75, 3.05) is 6.61 Å². The van der Waals surface area contributed by atoms with E-state index in [2.05, 4.69) is 9.97 Å². The Morgan fingerprint density at radius 1 is 1.67 bits per heavy atom. The Bertz CT molecular complexity index is 316. The Balaban J connectivity index is 2.76. The van der Waals surface area contributed by atoms with Crippen LogP contribution in [0.1, 0.15) is 49.1 Å². The minimum Gasteiger partial charge on any atom is -0.477 e. The minimum atomic E-state index is -1.000. The molecule has 1 atom stereocenters. The molecule has 2 N–H and O–H groups in total. The van der Waals surface area contributed by atoms with E-state index in [0.717, 1.165) is 12.8 Å².